The number of hydrazine groups is 1. The van der Waals surface area contributed by atoms with Crippen LogP contribution in [0.3, 0.4) is 0 Å². The Kier molecular flexibility index (Phi) is 6.59. The predicted molar refractivity (Wildman–Crippen MR) is 99.2 cm³/mol. The van der Waals surface area contributed by atoms with Crippen LogP contribution < -0.4 is 5.43 Å². The standard InChI is InChI=1S/C15H11BrCl2N2O4S/c1-7(15(23)24)19-20(13(21)10-5-6-11(16)25-10)14(22)12-8(17)3-2-4-9(12)18/h2-7,19H,1H3,(H,23,24)/t7-/m0/s1. The van der Waals surface area contributed by atoms with E-state index in [9.17, 15) is 14.4 Å². The van der Waals surface area contributed by atoms with Gasteiger partial charge in [-0.25, -0.2) is 10.4 Å². The van der Waals surface area contributed by atoms with E-state index >= 15 is 0 Å². The molecule has 2 amide bonds. The van der Waals surface area contributed by atoms with Crippen molar-refractivity contribution in [3.8, 4) is 0 Å². The number of carboxylic acids is 1. The number of carboxylic acid groups (broad SMARTS) is 1. The van der Waals surface area contributed by atoms with Gasteiger partial charge >= 0.3 is 5.97 Å². The second-order valence-corrected chi connectivity index (χ2v) is 8.11. The summed E-state index contributed by atoms with van der Waals surface area (Å²) in [6.45, 7) is 1.30. The number of halogens is 3. The van der Waals surface area contributed by atoms with Crippen LogP contribution in [0.15, 0.2) is 34.1 Å². The Morgan fingerprint density at radius 3 is 2.24 bits per heavy atom. The topological polar surface area (TPSA) is 86.7 Å². The normalized spacial score (nSPS) is 11.8. The van der Waals surface area contributed by atoms with Gasteiger partial charge in [0.15, 0.2) is 0 Å². The first-order valence-corrected chi connectivity index (χ1v) is 9.16. The summed E-state index contributed by atoms with van der Waals surface area (Å²) in [4.78, 5) is 36.9. The molecule has 0 aliphatic heterocycles. The smallest absolute Gasteiger partial charge is 0.322 e. The third-order valence-electron chi connectivity index (χ3n) is 3.06. The van der Waals surface area contributed by atoms with Crippen LogP contribution in [0, 0.1) is 0 Å². The number of thiophene rings is 1. The number of nitrogens with zero attached hydrogens (tertiary/aromatic N) is 1. The molecule has 1 aromatic heterocycles. The molecule has 2 aromatic rings. The third kappa shape index (κ3) is 4.59. The van der Waals surface area contributed by atoms with Gasteiger partial charge in [-0.2, -0.15) is 0 Å². The van der Waals surface area contributed by atoms with Gasteiger partial charge in [-0.3, -0.25) is 14.4 Å². The fourth-order valence-electron chi connectivity index (χ4n) is 1.81. The zero-order chi connectivity index (χ0) is 18.7. The Morgan fingerprint density at radius 2 is 1.76 bits per heavy atom. The molecule has 2 rings (SSSR count). The van der Waals surface area contributed by atoms with Crippen LogP contribution in [0.25, 0.3) is 0 Å². The molecule has 0 unspecified atom stereocenters. The molecule has 0 spiro atoms. The maximum Gasteiger partial charge on any atom is 0.322 e. The molecule has 2 N–H and O–H groups in total. The van der Waals surface area contributed by atoms with E-state index < -0.39 is 23.8 Å². The van der Waals surface area contributed by atoms with Gasteiger partial charge in [-0.1, -0.05) is 29.3 Å². The Bertz CT molecular complexity index is 822. The molecule has 0 saturated carbocycles. The summed E-state index contributed by atoms with van der Waals surface area (Å²) < 4.78 is 0.685. The summed E-state index contributed by atoms with van der Waals surface area (Å²) in [6, 6.07) is 6.41. The maximum absolute atomic E-state index is 12.8. The van der Waals surface area contributed by atoms with E-state index in [1.54, 1.807) is 12.1 Å². The van der Waals surface area contributed by atoms with Crippen molar-refractivity contribution in [2.75, 3.05) is 0 Å². The molecule has 0 aliphatic carbocycles. The van der Waals surface area contributed by atoms with Gasteiger partial charge < -0.3 is 5.11 Å². The number of rotatable bonds is 5. The number of carbonyl (C=O) groups is 3. The quantitative estimate of drug-likeness (QED) is 0.513. The van der Waals surface area contributed by atoms with Crippen LogP contribution in [-0.2, 0) is 4.79 Å². The first-order valence-electron chi connectivity index (χ1n) is 6.79. The molecular formula is C15H11BrCl2N2O4S. The highest BCUT2D eigenvalue weighted by molar-refractivity contribution is 9.11. The number of nitrogens with one attached hydrogen (secondary N) is 1. The monoisotopic (exact) mass is 464 g/mol. The summed E-state index contributed by atoms with van der Waals surface area (Å²) in [7, 11) is 0. The molecule has 1 heterocycles. The van der Waals surface area contributed by atoms with Crippen LogP contribution in [0.2, 0.25) is 10.0 Å². The molecule has 6 nitrogen and oxygen atoms in total. The van der Waals surface area contributed by atoms with Crippen molar-refractivity contribution >= 4 is 68.3 Å². The lowest BCUT2D eigenvalue weighted by Crippen LogP contribution is -2.53. The second kappa shape index (κ2) is 8.29. The first kappa shape index (κ1) is 19.9. The maximum atomic E-state index is 12.8. The van der Waals surface area contributed by atoms with Crippen molar-refractivity contribution in [2.24, 2.45) is 0 Å². The minimum Gasteiger partial charge on any atom is -0.480 e. The van der Waals surface area contributed by atoms with Crippen LogP contribution in [0.1, 0.15) is 27.0 Å². The van der Waals surface area contributed by atoms with E-state index in [0.29, 0.717) is 8.80 Å². The summed E-state index contributed by atoms with van der Waals surface area (Å²) in [5.74, 6) is -2.80. The van der Waals surface area contributed by atoms with Crippen molar-refractivity contribution in [2.45, 2.75) is 13.0 Å². The number of amides is 2. The second-order valence-electron chi connectivity index (χ2n) is 4.84. The van der Waals surface area contributed by atoms with E-state index in [-0.39, 0.29) is 20.5 Å². The lowest BCUT2D eigenvalue weighted by atomic mass is 10.2. The number of imide groups is 1. The molecule has 0 aliphatic rings. The van der Waals surface area contributed by atoms with E-state index in [1.165, 1.54) is 25.1 Å². The number of hydrogen-bond donors (Lipinski definition) is 2. The zero-order valence-corrected chi connectivity index (χ0v) is 16.5. The molecule has 25 heavy (non-hydrogen) atoms. The molecule has 10 heteroatoms. The molecule has 1 aromatic carbocycles. The highest BCUT2D eigenvalue weighted by atomic mass is 79.9. The average molecular weight is 466 g/mol. The summed E-state index contributed by atoms with van der Waals surface area (Å²) in [6.07, 6.45) is 0. The third-order valence-corrected chi connectivity index (χ3v) is 5.30. The molecule has 0 radical (unpaired) electrons. The number of benzene rings is 1. The molecular weight excluding hydrogens is 455 g/mol. The van der Waals surface area contributed by atoms with Crippen molar-refractivity contribution in [1.82, 2.24) is 10.4 Å². The minimum atomic E-state index is -1.23. The molecule has 0 bridgehead atoms. The SMILES string of the molecule is C[C@H](NN(C(=O)c1ccc(Br)s1)C(=O)c1c(Cl)cccc1Cl)C(=O)O. The number of hydrogen-bond acceptors (Lipinski definition) is 5. The van der Waals surface area contributed by atoms with E-state index in [0.717, 1.165) is 11.3 Å². The van der Waals surface area contributed by atoms with E-state index in [2.05, 4.69) is 21.4 Å². The van der Waals surface area contributed by atoms with Gasteiger partial charge in [0.2, 0.25) is 0 Å². The summed E-state index contributed by atoms with van der Waals surface area (Å²) >= 11 is 16.4. The van der Waals surface area contributed by atoms with Crippen molar-refractivity contribution < 1.29 is 19.5 Å². The Hall–Kier alpha value is -1.45. The fourth-order valence-corrected chi connectivity index (χ4v) is 3.69. The van der Waals surface area contributed by atoms with E-state index in [1.807, 2.05) is 0 Å². The molecule has 0 saturated heterocycles. The van der Waals surface area contributed by atoms with Crippen LogP contribution in [-0.4, -0.2) is 33.9 Å². The highest BCUT2D eigenvalue weighted by Gasteiger charge is 2.31. The van der Waals surface area contributed by atoms with Crippen LogP contribution in [0.4, 0.5) is 0 Å². The highest BCUT2D eigenvalue weighted by Crippen LogP contribution is 2.27. The molecule has 1 atom stereocenters. The minimum absolute atomic E-state index is 0.0486. The molecule has 0 fully saturated rings. The van der Waals surface area contributed by atoms with Crippen LogP contribution in [0.5, 0.6) is 0 Å². The lowest BCUT2D eigenvalue weighted by Gasteiger charge is -2.24. The number of aliphatic carboxylic acids is 1. The van der Waals surface area contributed by atoms with Gasteiger partial charge in [-0.15, -0.1) is 11.3 Å². The predicted octanol–water partition coefficient (Wildman–Crippen LogP) is 4.08. The van der Waals surface area contributed by atoms with Gasteiger partial charge in [0.25, 0.3) is 11.8 Å². The zero-order valence-electron chi connectivity index (χ0n) is 12.6. The average Bonchev–Trinajstić information content (AvgIpc) is 2.97. The van der Waals surface area contributed by atoms with E-state index in [4.69, 9.17) is 28.3 Å². The van der Waals surface area contributed by atoms with Gasteiger partial charge in [0, 0.05) is 0 Å². The Morgan fingerprint density at radius 1 is 1.16 bits per heavy atom. The van der Waals surface area contributed by atoms with Crippen LogP contribution >= 0.6 is 50.5 Å². The van der Waals surface area contributed by atoms with Gasteiger partial charge in [0.05, 0.1) is 24.3 Å². The van der Waals surface area contributed by atoms with Crippen molar-refractivity contribution in [1.29, 1.82) is 0 Å². The fraction of sp³-hybridized carbons (Fsp3) is 0.133. The first-order chi connectivity index (χ1) is 11.7. The van der Waals surface area contributed by atoms with Gasteiger partial charge in [0.1, 0.15) is 6.04 Å². The summed E-state index contributed by atoms with van der Waals surface area (Å²) in [5.41, 5.74) is 2.29. The Labute approximate surface area is 165 Å². The Balaban J connectivity index is 2.45. The lowest BCUT2D eigenvalue weighted by molar-refractivity contribution is -0.139. The molecule has 132 valence electrons. The van der Waals surface area contributed by atoms with Gasteiger partial charge in [-0.05, 0) is 47.1 Å². The van der Waals surface area contributed by atoms with Crippen molar-refractivity contribution in [3.63, 3.8) is 0 Å². The number of carbonyl (C=O) groups excluding carboxylic acids is 2. The largest absolute Gasteiger partial charge is 0.480 e. The van der Waals surface area contributed by atoms with Crippen molar-refractivity contribution in [3.05, 3.63) is 54.6 Å². The summed E-state index contributed by atoms with van der Waals surface area (Å²) in [5, 5.41) is 9.79.